The van der Waals surface area contributed by atoms with Gasteiger partial charge in [-0.15, -0.1) is 0 Å². The van der Waals surface area contributed by atoms with Gasteiger partial charge >= 0.3 is 0 Å². The Hall–Kier alpha value is -1.20. The van der Waals surface area contributed by atoms with E-state index in [0.717, 1.165) is 0 Å². The van der Waals surface area contributed by atoms with E-state index in [1.807, 2.05) is 34.6 Å². The van der Waals surface area contributed by atoms with Crippen LogP contribution in [0.2, 0.25) is 0 Å². The zero-order chi connectivity index (χ0) is 15.7. The molecule has 1 aliphatic heterocycles. The molecule has 20 heavy (non-hydrogen) atoms. The van der Waals surface area contributed by atoms with Crippen molar-refractivity contribution >= 4 is 11.8 Å². The van der Waals surface area contributed by atoms with E-state index in [1.165, 1.54) is 4.90 Å². The van der Waals surface area contributed by atoms with Crippen molar-refractivity contribution in [2.45, 2.75) is 66.1 Å². The van der Waals surface area contributed by atoms with E-state index >= 15 is 0 Å². The molecular formula is C15H25NO4. The Bertz CT molecular complexity index is 419. The summed E-state index contributed by atoms with van der Waals surface area (Å²) < 4.78 is 0. The van der Waals surface area contributed by atoms with Gasteiger partial charge in [0.2, 0.25) is 0 Å². The van der Waals surface area contributed by atoms with E-state index in [-0.39, 0.29) is 11.8 Å². The largest absolute Gasteiger partial charge is 0.275 e. The molecule has 0 aliphatic carbocycles. The third-order valence-corrected chi connectivity index (χ3v) is 3.15. The number of rotatable bonds is 5. The van der Waals surface area contributed by atoms with E-state index in [0.29, 0.717) is 24.1 Å². The maximum Gasteiger partial charge on any atom is 0.256 e. The molecule has 0 fully saturated rings. The SMILES string of the molecule is CC1=C(C)C(=O)N(CCC(C)(C)OOC(C)(C)C)C1=O. The molecule has 1 heterocycles. The summed E-state index contributed by atoms with van der Waals surface area (Å²) in [6.45, 7) is 13.1. The van der Waals surface area contributed by atoms with Crippen LogP contribution in [0, 0.1) is 0 Å². The van der Waals surface area contributed by atoms with Crippen LogP contribution in [0.3, 0.4) is 0 Å². The van der Waals surface area contributed by atoms with Crippen LogP contribution < -0.4 is 0 Å². The maximum atomic E-state index is 11.9. The summed E-state index contributed by atoms with van der Waals surface area (Å²) >= 11 is 0. The van der Waals surface area contributed by atoms with Crippen LogP contribution >= 0.6 is 0 Å². The molecule has 0 aromatic rings. The van der Waals surface area contributed by atoms with Gasteiger partial charge < -0.3 is 0 Å². The van der Waals surface area contributed by atoms with Gasteiger partial charge in [0.25, 0.3) is 11.8 Å². The second-order valence-corrected chi connectivity index (χ2v) is 6.80. The molecular weight excluding hydrogens is 258 g/mol. The molecule has 0 N–H and O–H groups in total. The van der Waals surface area contributed by atoms with Crippen LogP contribution in [0.15, 0.2) is 11.1 Å². The van der Waals surface area contributed by atoms with Crippen LogP contribution in [-0.2, 0) is 19.4 Å². The van der Waals surface area contributed by atoms with Crippen molar-refractivity contribution in [3.63, 3.8) is 0 Å². The van der Waals surface area contributed by atoms with Crippen molar-refractivity contribution in [2.24, 2.45) is 0 Å². The molecule has 0 spiro atoms. The van der Waals surface area contributed by atoms with Gasteiger partial charge in [-0.25, -0.2) is 9.78 Å². The van der Waals surface area contributed by atoms with Crippen molar-refractivity contribution in [2.75, 3.05) is 6.54 Å². The molecule has 1 rings (SSSR count). The number of imide groups is 1. The Labute approximate surface area is 120 Å². The van der Waals surface area contributed by atoms with Crippen LogP contribution in [0.5, 0.6) is 0 Å². The summed E-state index contributed by atoms with van der Waals surface area (Å²) in [5.74, 6) is -0.417. The molecule has 5 heteroatoms. The summed E-state index contributed by atoms with van der Waals surface area (Å²) in [5.41, 5.74) is 0.0862. The van der Waals surface area contributed by atoms with Gasteiger partial charge in [-0.1, -0.05) is 0 Å². The zero-order valence-corrected chi connectivity index (χ0v) is 13.5. The number of carbonyl (C=O) groups is 2. The highest BCUT2D eigenvalue weighted by Crippen LogP contribution is 2.24. The van der Waals surface area contributed by atoms with E-state index < -0.39 is 11.2 Å². The fraction of sp³-hybridized carbons (Fsp3) is 0.733. The average molecular weight is 283 g/mol. The van der Waals surface area contributed by atoms with Crippen LogP contribution in [0.1, 0.15) is 54.9 Å². The van der Waals surface area contributed by atoms with Gasteiger partial charge in [-0.3, -0.25) is 14.5 Å². The lowest BCUT2D eigenvalue weighted by Gasteiger charge is -2.29. The lowest BCUT2D eigenvalue weighted by molar-refractivity contribution is -0.398. The van der Waals surface area contributed by atoms with Gasteiger partial charge in [0.15, 0.2) is 0 Å². The molecule has 0 bridgehead atoms. The van der Waals surface area contributed by atoms with Crippen molar-refractivity contribution in [3.05, 3.63) is 11.1 Å². The van der Waals surface area contributed by atoms with Gasteiger partial charge in [0.05, 0.1) is 11.2 Å². The second kappa shape index (κ2) is 5.66. The van der Waals surface area contributed by atoms with Gasteiger partial charge in [-0.2, -0.15) is 0 Å². The minimum Gasteiger partial charge on any atom is -0.275 e. The number of nitrogens with zero attached hydrogens (tertiary/aromatic N) is 1. The smallest absolute Gasteiger partial charge is 0.256 e. The Morgan fingerprint density at radius 2 is 1.35 bits per heavy atom. The zero-order valence-electron chi connectivity index (χ0n) is 13.5. The first kappa shape index (κ1) is 16.9. The molecule has 0 saturated carbocycles. The predicted octanol–water partition coefficient (Wildman–Crippen LogP) is 2.61. The molecule has 2 amide bonds. The minimum absolute atomic E-state index is 0.208. The molecule has 0 aromatic carbocycles. The summed E-state index contributed by atoms with van der Waals surface area (Å²) in [4.78, 5) is 35.9. The Morgan fingerprint density at radius 3 is 1.75 bits per heavy atom. The van der Waals surface area contributed by atoms with E-state index in [1.54, 1.807) is 13.8 Å². The minimum atomic E-state index is -0.571. The quantitative estimate of drug-likeness (QED) is 0.442. The van der Waals surface area contributed by atoms with Crippen LogP contribution in [-0.4, -0.2) is 34.5 Å². The van der Waals surface area contributed by atoms with Crippen molar-refractivity contribution in [1.29, 1.82) is 0 Å². The lowest BCUT2D eigenvalue weighted by Crippen LogP contribution is -2.38. The highest BCUT2D eigenvalue weighted by molar-refractivity contribution is 6.18. The Kier molecular flexibility index (Phi) is 4.77. The second-order valence-electron chi connectivity index (χ2n) is 6.80. The fourth-order valence-corrected chi connectivity index (χ4v) is 1.68. The standard InChI is InChI=1S/C15H25NO4/c1-10-11(2)13(18)16(12(10)17)9-8-15(6,7)20-19-14(3,4)5/h8-9H2,1-7H3. The number of hydrogen-bond acceptors (Lipinski definition) is 4. The first-order valence-electron chi connectivity index (χ1n) is 6.85. The lowest BCUT2D eigenvalue weighted by atomic mass is 10.1. The third kappa shape index (κ3) is 4.15. The maximum absolute atomic E-state index is 11.9. The highest BCUT2D eigenvalue weighted by Gasteiger charge is 2.35. The third-order valence-electron chi connectivity index (χ3n) is 3.15. The topological polar surface area (TPSA) is 55.8 Å². The average Bonchev–Trinajstić information content (AvgIpc) is 2.49. The van der Waals surface area contributed by atoms with Crippen molar-refractivity contribution < 1.29 is 19.4 Å². The molecule has 1 aliphatic rings. The molecule has 0 radical (unpaired) electrons. The summed E-state index contributed by atoms with van der Waals surface area (Å²) in [6, 6.07) is 0. The predicted molar refractivity (Wildman–Crippen MR) is 75.7 cm³/mol. The molecule has 114 valence electrons. The first-order chi connectivity index (χ1) is 8.94. The monoisotopic (exact) mass is 283 g/mol. The van der Waals surface area contributed by atoms with E-state index in [2.05, 4.69) is 0 Å². The first-order valence-corrected chi connectivity index (χ1v) is 6.85. The van der Waals surface area contributed by atoms with E-state index in [9.17, 15) is 9.59 Å². The molecule has 0 unspecified atom stereocenters. The highest BCUT2D eigenvalue weighted by atomic mass is 17.2. The number of amides is 2. The van der Waals surface area contributed by atoms with Crippen LogP contribution in [0.25, 0.3) is 0 Å². The summed E-state index contributed by atoms with van der Waals surface area (Å²) in [6.07, 6.45) is 0.515. The van der Waals surface area contributed by atoms with Gasteiger partial charge in [-0.05, 0) is 54.9 Å². The van der Waals surface area contributed by atoms with Gasteiger partial charge in [0.1, 0.15) is 0 Å². The molecule has 5 nitrogen and oxygen atoms in total. The Balaban J connectivity index is 2.56. The van der Waals surface area contributed by atoms with Crippen molar-refractivity contribution in [1.82, 2.24) is 4.90 Å². The van der Waals surface area contributed by atoms with Crippen LogP contribution in [0.4, 0.5) is 0 Å². The number of hydrogen-bond donors (Lipinski definition) is 0. The fourth-order valence-electron chi connectivity index (χ4n) is 1.68. The molecule has 0 aromatic heterocycles. The normalized spacial score (nSPS) is 17.4. The Morgan fingerprint density at radius 1 is 0.900 bits per heavy atom. The molecule has 0 saturated heterocycles. The molecule has 0 atom stereocenters. The van der Waals surface area contributed by atoms with Gasteiger partial charge in [0, 0.05) is 17.7 Å². The van der Waals surface area contributed by atoms with Crippen molar-refractivity contribution in [3.8, 4) is 0 Å². The number of carbonyl (C=O) groups excluding carboxylic acids is 2. The van der Waals surface area contributed by atoms with E-state index in [4.69, 9.17) is 9.78 Å². The summed E-state index contributed by atoms with van der Waals surface area (Å²) in [5, 5.41) is 0. The summed E-state index contributed by atoms with van der Waals surface area (Å²) in [7, 11) is 0.